The maximum Gasteiger partial charge on any atom is 0.240 e. The fraction of sp³-hybridized carbons (Fsp3) is 0.400. The van der Waals surface area contributed by atoms with Crippen molar-refractivity contribution in [3.8, 4) is 0 Å². The van der Waals surface area contributed by atoms with Crippen molar-refractivity contribution in [1.82, 2.24) is 9.71 Å². The molecular formula is C15H20ClN3O3S2. The quantitative estimate of drug-likeness (QED) is 0.610. The van der Waals surface area contributed by atoms with Gasteiger partial charge in [0, 0.05) is 36.5 Å². The van der Waals surface area contributed by atoms with Gasteiger partial charge < -0.3 is 10.1 Å². The van der Waals surface area contributed by atoms with E-state index < -0.39 is 10.0 Å². The largest absolute Gasteiger partial charge is 0.382 e. The third-order valence-corrected chi connectivity index (χ3v) is 5.71. The van der Waals surface area contributed by atoms with Gasteiger partial charge in [-0.05, 0) is 37.6 Å². The summed E-state index contributed by atoms with van der Waals surface area (Å²) in [4.78, 5) is 5.22. The number of thiazole rings is 1. The minimum atomic E-state index is -3.49. The lowest BCUT2D eigenvalue weighted by atomic mass is 10.3. The minimum Gasteiger partial charge on any atom is -0.382 e. The summed E-state index contributed by atoms with van der Waals surface area (Å²) in [6.07, 6.45) is 2.36. The molecule has 2 rings (SSSR count). The highest BCUT2D eigenvalue weighted by molar-refractivity contribution is 7.89. The molecule has 1 aromatic carbocycles. The first-order valence-corrected chi connectivity index (χ1v) is 10.2. The third-order valence-electron chi connectivity index (χ3n) is 3.12. The maximum atomic E-state index is 12.2. The van der Waals surface area contributed by atoms with Crippen molar-refractivity contribution in [2.45, 2.75) is 24.8 Å². The van der Waals surface area contributed by atoms with E-state index in [9.17, 15) is 8.42 Å². The van der Waals surface area contributed by atoms with Crippen LogP contribution in [0.4, 0.5) is 5.69 Å². The molecule has 0 saturated carbocycles. The van der Waals surface area contributed by atoms with Gasteiger partial charge in [-0.1, -0.05) is 11.6 Å². The first-order chi connectivity index (χ1) is 11.5. The van der Waals surface area contributed by atoms with E-state index >= 15 is 0 Å². The Morgan fingerprint density at radius 1 is 1.29 bits per heavy atom. The molecule has 1 aromatic heterocycles. The average Bonchev–Trinajstić information content (AvgIpc) is 2.98. The van der Waals surface area contributed by atoms with Crippen LogP contribution in [-0.2, 0) is 21.3 Å². The number of halogens is 1. The standard InChI is InChI=1S/C15H20ClN3O3S2/c1-2-22-9-3-8-19-24(20,21)14-6-4-12(5-7-14)17-10-13-11-18-15(16)23-13/h4-7,11,17,19H,2-3,8-10H2,1H3. The second-order valence-corrected chi connectivity index (χ2v) is 8.37. The van der Waals surface area contributed by atoms with Crippen LogP contribution in [0, 0.1) is 0 Å². The molecule has 2 N–H and O–H groups in total. The molecule has 0 radical (unpaired) electrons. The van der Waals surface area contributed by atoms with Gasteiger partial charge in [0.25, 0.3) is 0 Å². The number of rotatable bonds is 10. The van der Waals surface area contributed by atoms with E-state index in [0.717, 1.165) is 10.6 Å². The van der Waals surface area contributed by atoms with Gasteiger partial charge in [0.05, 0.1) is 11.4 Å². The molecule has 9 heteroatoms. The average molecular weight is 390 g/mol. The Morgan fingerprint density at radius 2 is 2.04 bits per heavy atom. The van der Waals surface area contributed by atoms with Crippen molar-refractivity contribution in [2.75, 3.05) is 25.1 Å². The molecular weight excluding hydrogens is 370 g/mol. The summed E-state index contributed by atoms with van der Waals surface area (Å²) in [6, 6.07) is 6.62. The second-order valence-electron chi connectivity index (χ2n) is 4.91. The Labute approximate surface area is 151 Å². The Morgan fingerprint density at radius 3 is 2.67 bits per heavy atom. The maximum absolute atomic E-state index is 12.2. The van der Waals surface area contributed by atoms with E-state index in [2.05, 4.69) is 15.0 Å². The lowest BCUT2D eigenvalue weighted by Crippen LogP contribution is -2.25. The van der Waals surface area contributed by atoms with E-state index in [-0.39, 0.29) is 4.90 Å². The molecule has 24 heavy (non-hydrogen) atoms. The molecule has 132 valence electrons. The van der Waals surface area contributed by atoms with Crippen molar-refractivity contribution in [3.63, 3.8) is 0 Å². The van der Waals surface area contributed by atoms with Gasteiger partial charge in [-0.2, -0.15) is 0 Å². The van der Waals surface area contributed by atoms with Gasteiger partial charge in [0.15, 0.2) is 4.47 Å². The van der Waals surface area contributed by atoms with Crippen molar-refractivity contribution in [1.29, 1.82) is 0 Å². The molecule has 0 saturated heterocycles. The van der Waals surface area contributed by atoms with Crippen LogP contribution in [0.15, 0.2) is 35.4 Å². The minimum absolute atomic E-state index is 0.241. The number of nitrogens with zero attached hydrogens (tertiary/aromatic N) is 1. The van der Waals surface area contributed by atoms with Gasteiger partial charge in [-0.25, -0.2) is 18.1 Å². The van der Waals surface area contributed by atoms with Gasteiger partial charge in [-0.15, -0.1) is 11.3 Å². The van der Waals surface area contributed by atoms with Gasteiger partial charge in [-0.3, -0.25) is 0 Å². The van der Waals surface area contributed by atoms with E-state index in [1.165, 1.54) is 11.3 Å². The third kappa shape index (κ3) is 6.03. The van der Waals surface area contributed by atoms with E-state index in [0.29, 0.717) is 37.2 Å². The van der Waals surface area contributed by atoms with Gasteiger partial charge in [0.1, 0.15) is 0 Å². The fourth-order valence-electron chi connectivity index (χ4n) is 1.91. The molecule has 0 unspecified atom stereocenters. The van der Waals surface area contributed by atoms with E-state index in [1.54, 1.807) is 30.5 Å². The summed E-state index contributed by atoms with van der Waals surface area (Å²) in [5.41, 5.74) is 0.829. The predicted molar refractivity (Wildman–Crippen MR) is 97.2 cm³/mol. The normalized spacial score (nSPS) is 11.6. The summed E-state index contributed by atoms with van der Waals surface area (Å²) < 4.78 is 32.6. The zero-order valence-corrected chi connectivity index (χ0v) is 15.7. The van der Waals surface area contributed by atoms with Crippen molar-refractivity contribution >= 4 is 38.6 Å². The number of aromatic nitrogens is 1. The highest BCUT2D eigenvalue weighted by Gasteiger charge is 2.12. The Kier molecular flexibility index (Phi) is 7.44. The second kappa shape index (κ2) is 9.33. The number of hydrogen-bond acceptors (Lipinski definition) is 6. The van der Waals surface area contributed by atoms with Crippen molar-refractivity contribution in [3.05, 3.63) is 39.8 Å². The monoisotopic (exact) mass is 389 g/mol. The summed E-state index contributed by atoms with van der Waals surface area (Å²) in [6.45, 7) is 4.03. The predicted octanol–water partition coefficient (Wildman–Crippen LogP) is 3.11. The molecule has 1 heterocycles. The zero-order chi connectivity index (χ0) is 17.4. The lowest BCUT2D eigenvalue weighted by Gasteiger charge is -2.09. The van der Waals surface area contributed by atoms with Crippen LogP contribution in [0.25, 0.3) is 0 Å². The zero-order valence-electron chi connectivity index (χ0n) is 13.3. The summed E-state index contributed by atoms with van der Waals surface area (Å²) >= 11 is 7.19. The summed E-state index contributed by atoms with van der Waals surface area (Å²) in [5, 5.41) is 3.20. The molecule has 0 aliphatic carbocycles. The molecule has 0 fully saturated rings. The smallest absolute Gasteiger partial charge is 0.240 e. The highest BCUT2D eigenvalue weighted by atomic mass is 35.5. The molecule has 0 bridgehead atoms. The summed E-state index contributed by atoms with van der Waals surface area (Å²) in [5.74, 6) is 0. The Hall–Kier alpha value is -1.19. The molecule has 0 aliphatic heterocycles. The lowest BCUT2D eigenvalue weighted by molar-refractivity contribution is 0.146. The molecule has 2 aromatic rings. The van der Waals surface area contributed by atoms with E-state index in [1.807, 2.05) is 6.92 Å². The first-order valence-electron chi connectivity index (χ1n) is 7.53. The number of ether oxygens (including phenoxy) is 1. The highest BCUT2D eigenvalue weighted by Crippen LogP contribution is 2.20. The van der Waals surface area contributed by atoms with Gasteiger partial charge >= 0.3 is 0 Å². The molecule has 0 aliphatic rings. The van der Waals surface area contributed by atoms with Crippen LogP contribution < -0.4 is 10.0 Å². The van der Waals surface area contributed by atoms with E-state index in [4.69, 9.17) is 16.3 Å². The SMILES string of the molecule is CCOCCCNS(=O)(=O)c1ccc(NCc2cnc(Cl)s2)cc1. The van der Waals surface area contributed by atoms with Crippen LogP contribution in [0.2, 0.25) is 4.47 Å². The van der Waals surface area contributed by atoms with Crippen LogP contribution in [0.5, 0.6) is 0 Å². The van der Waals surface area contributed by atoms with Crippen LogP contribution in [-0.4, -0.2) is 33.2 Å². The number of nitrogens with one attached hydrogen (secondary N) is 2. The van der Waals surface area contributed by atoms with Crippen LogP contribution in [0.3, 0.4) is 0 Å². The molecule has 0 spiro atoms. The summed E-state index contributed by atoms with van der Waals surface area (Å²) in [7, 11) is -3.49. The molecule has 6 nitrogen and oxygen atoms in total. The number of anilines is 1. The fourth-order valence-corrected chi connectivity index (χ4v) is 3.91. The van der Waals surface area contributed by atoms with Crippen molar-refractivity contribution in [2.24, 2.45) is 0 Å². The number of hydrogen-bond donors (Lipinski definition) is 2. The number of benzene rings is 1. The molecule has 0 atom stereocenters. The Bertz CT molecular complexity index is 733. The topological polar surface area (TPSA) is 80.3 Å². The molecule has 0 amide bonds. The first kappa shape index (κ1) is 19.1. The van der Waals surface area contributed by atoms with Gasteiger partial charge in [0.2, 0.25) is 10.0 Å². The van der Waals surface area contributed by atoms with Crippen LogP contribution >= 0.6 is 22.9 Å². The number of sulfonamides is 1. The van der Waals surface area contributed by atoms with Crippen molar-refractivity contribution < 1.29 is 13.2 Å². The van der Waals surface area contributed by atoms with Crippen LogP contribution in [0.1, 0.15) is 18.2 Å². The Balaban J connectivity index is 1.85.